The first kappa shape index (κ1) is 22.5. The van der Waals surface area contributed by atoms with E-state index in [1.165, 1.54) is 0 Å². The van der Waals surface area contributed by atoms with E-state index in [0.29, 0.717) is 29.5 Å². The van der Waals surface area contributed by atoms with Gasteiger partial charge in [-0.15, -0.1) is 10.2 Å². The van der Waals surface area contributed by atoms with Crippen LogP contribution in [0.15, 0.2) is 60.7 Å². The van der Waals surface area contributed by atoms with Crippen molar-refractivity contribution in [1.29, 1.82) is 0 Å². The third-order valence-electron chi connectivity index (χ3n) is 5.49. The minimum absolute atomic E-state index is 0.0449. The van der Waals surface area contributed by atoms with Gasteiger partial charge in [0.05, 0.1) is 5.69 Å². The lowest BCUT2D eigenvalue weighted by Gasteiger charge is -2.09. The van der Waals surface area contributed by atoms with Crippen molar-refractivity contribution >= 4 is 34.7 Å². The molecule has 4 rings (SSSR count). The molecule has 0 radical (unpaired) electrons. The quantitative estimate of drug-likeness (QED) is 0.377. The molecule has 33 heavy (non-hydrogen) atoms. The maximum atomic E-state index is 12.3. The molecular weight excluding hydrogens is 436 g/mol. The van der Waals surface area contributed by atoms with E-state index in [-0.39, 0.29) is 5.91 Å². The van der Waals surface area contributed by atoms with Crippen molar-refractivity contribution in [3.8, 4) is 5.82 Å². The normalized spacial score (nSPS) is 10.8. The van der Waals surface area contributed by atoms with E-state index < -0.39 is 0 Å². The lowest BCUT2D eigenvalue weighted by atomic mass is 10.1. The number of carbonyl (C=O) groups excluding carboxylic acids is 1. The van der Waals surface area contributed by atoms with Crippen LogP contribution in [0.3, 0.4) is 0 Å². The average Bonchev–Trinajstić information content (AvgIpc) is 3.07. The van der Waals surface area contributed by atoms with Crippen LogP contribution < -0.4 is 10.6 Å². The van der Waals surface area contributed by atoms with Crippen LogP contribution in [0.2, 0.25) is 5.02 Å². The van der Waals surface area contributed by atoms with Gasteiger partial charge >= 0.3 is 0 Å². The third-order valence-corrected chi connectivity index (χ3v) is 5.73. The number of nitrogens with one attached hydrogen (secondary N) is 2. The molecule has 0 spiro atoms. The van der Waals surface area contributed by atoms with Crippen molar-refractivity contribution in [3.05, 3.63) is 88.2 Å². The van der Waals surface area contributed by atoms with Gasteiger partial charge in [-0.05, 0) is 86.8 Å². The second-order valence-electron chi connectivity index (χ2n) is 7.86. The first-order valence-electron chi connectivity index (χ1n) is 10.7. The molecule has 0 fully saturated rings. The van der Waals surface area contributed by atoms with Gasteiger partial charge in [0.25, 0.3) is 0 Å². The lowest BCUT2D eigenvalue weighted by molar-refractivity contribution is -0.116. The van der Waals surface area contributed by atoms with Crippen molar-refractivity contribution in [2.45, 2.75) is 33.6 Å². The molecule has 7 nitrogen and oxygen atoms in total. The minimum Gasteiger partial charge on any atom is -0.339 e. The highest BCUT2D eigenvalue weighted by Gasteiger charge is 2.10. The van der Waals surface area contributed by atoms with Crippen LogP contribution >= 0.6 is 11.6 Å². The minimum atomic E-state index is -0.0449. The molecule has 0 unspecified atom stereocenters. The van der Waals surface area contributed by atoms with Gasteiger partial charge in [0.15, 0.2) is 11.6 Å². The molecule has 2 aromatic carbocycles. The van der Waals surface area contributed by atoms with E-state index in [1.54, 1.807) is 4.68 Å². The summed E-state index contributed by atoms with van der Waals surface area (Å²) >= 11 is 5.99. The summed E-state index contributed by atoms with van der Waals surface area (Å²) in [6, 6.07) is 18.8. The van der Waals surface area contributed by atoms with Gasteiger partial charge in [-0.2, -0.15) is 5.10 Å². The summed E-state index contributed by atoms with van der Waals surface area (Å²) < 4.78 is 1.80. The highest BCUT2D eigenvalue weighted by molar-refractivity contribution is 6.30. The second kappa shape index (κ2) is 9.83. The van der Waals surface area contributed by atoms with Crippen molar-refractivity contribution in [2.75, 3.05) is 10.6 Å². The molecule has 0 atom stereocenters. The molecule has 0 saturated heterocycles. The largest absolute Gasteiger partial charge is 0.339 e. The predicted molar refractivity (Wildman–Crippen MR) is 131 cm³/mol. The Hall–Kier alpha value is -3.71. The molecule has 1 amide bonds. The standard InChI is InChI=1S/C25H25ClN6O/c1-16-17(2)31-32(18(16)3)24-13-12-23(29-30-24)27-21-8-10-22(11-9-21)28-25(33)14-7-19-5-4-6-20(26)15-19/h4-6,8-13,15H,7,14H2,1-3H3,(H,27,29)(H,28,33). The SMILES string of the molecule is Cc1nn(-c2ccc(Nc3ccc(NC(=O)CCc4cccc(Cl)c4)cc3)nn2)c(C)c1C. The van der Waals surface area contributed by atoms with E-state index in [4.69, 9.17) is 11.6 Å². The highest BCUT2D eigenvalue weighted by Crippen LogP contribution is 2.20. The molecular formula is C25H25ClN6O. The van der Waals surface area contributed by atoms with Crippen molar-refractivity contribution in [3.63, 3.8) is 0 Å². The summed E-state index contributed by atoms with van der Waals surface area (Å²) in [6.45, 7) is 6.04. The van der Waals surface area contributed by atoms with Crippen LogP contribution in [0, 0.1) is 20.8 Å². The summed E-state index contributed by atoms with van der Waals surface area (Å²) in [6.07, 6.45) is 1.02. The summed E-state index contributed by atoms with van der Waals surface area (Å²) in [4.78, 5) is 12.3. The van der Waals surface area contributed by atoms with E-state index in [2.05, 4.69) is 25.9 Å². The van der Waals surface area contributed by atoms with Gasteiger partial charge < -0.3 is 10.6 Å². The van der Waals surface area contributed by atoms with E-state index >= 15 is 0 Å². The summed E-state index contributed by atoms with van der Waals surface area (Å²) in [5.74, 6) is 1.25. The molecule has 4 aromatic rings. The van der Waals surface area contributed by atoms with Gasteiger partial charge in [-0.3, -0.25) is 4.79 Å². The molecule has 2 heterocycles. The average molecular weight is 461 g/mol. The molecule has 2 aromatic heterocycles. The fourth-order valence-corrected chi connectivity index (χ4v) is 3.62. The summed E-state index contributed by atoms with van der Waals surface area (Å²) in [5.41, 5.74) is 5.79. The molecule has 0 aliphatic heterocycles. The van der Waals surface area contributed by atoms with Crippen molar-refractivity contribution in [1.82, 2.24) is 20.0 Å². The number of halogens is 1. The first-order chi connectivity index (χ1) is 15.9. The Morgan fingerprint density at radius 1 is 0.970 bits per heavy atom. The van der Waals surface area contributed by atoms with Gasteiger partial charge in [-0.1, -0.05) is 23.7 Å². The van der Waals surface area contributed by atoms with Gasteiger partial charge in [0.2, 0.25) is 5.91 Å². The zero-order chi connectivity index (χ0) is 23.4. The fourth-order valence-electron chi connectivity index (χ4n) is 3.41. The van der Waals surface area contributed by atoms with Crippen molar-refractivity contribution in [2.24, 2.45) is 0 Å². The number of aryl methyl sites for hydroxylation is 2. The van der Waals surface area contributed by atoms with Crippen LogP contribution in [-0.4, -0.2) is 25.9 Å². The smallest absolute Gasteiger partial charge is 0.224 e. The Labute approximate surface area is 197 Å². The Morgan fingerprint density at radius 3 is 2.36 bits per heavy atom. The Balaban J connectivity index is 1.32. The Morgan fingerprint density at radius 2 is 1.73 bits per heavy atom. The van der Waals surface area contributed by atoms with Crippen LogP contribution in [0.4, 0.5) is 17.2 Å². The Kier molecular flexibility index (Phi) is 6.70. The van der Waals surface area contributed by atoms with E-state index in [1.807, 2.05) is 81.4 Å². The maximum Gasteiger partial charge on any atom is 0.224 e. The molecule has 8 heteroatoms. The van der Waals surface area contributed by atoms with Gasteiger partial charge in [0.1, 0.15) is 0 Å². The van der Waals surface area contributed by atoms with Crippen LogP contribution in [0.5, 0.6) is 0 Å². The number of hydrogen-bond donors (Lipinski definition) is 2. The number of anilines is 3. The summed E-state index contributed by atoms with van der Waals surface area (Å²) in [7, 11) is 0. The topological polar surface area (TPSA) is 84.7 Å². The number of nitrogens with zero attached hydrogens (tertiary/aromatic N) is 4. The molecule has 2 N–H and O–H groups in total. The second-order valence-corrected chi connectivity index (χ2v) is 8.30. The number of aromatic nitrogens is 4. The number of benzene rings is 2. The lowest BCUT2D eigenvalue weighted by Crippen LogP contribution is -2.12. The molecule has 0 saturated carbocycles. The van der Waals surface area contributed by atoms with E-state index in [9.17, 15) is 4.79 Å². The first-order valence-corrected chi connectivity index (χ1v) is 11.0. The van der Waals surface area contributed by atoms with Gasteiger partial charge in [0, 0.05) is 28.5 Å². The zero-order valence-corrected chi connectivity index (χ0v) is 19.5. The highest BCUT2D eigenvalue weighted by atomic mass is 35.5. The molecule has 0 aliphatic rings. The number of carbonyl (C=O) groups is 1. The molecule has 168 valence electrons. The Bertz CT molecular complexity index is 1270. The third kappa shape index (κ3) is 5.56. The number of hydrogen-bond acceptors (Lipinski definition) is 5. The van der Waals surface area contributed by atoms with Crippen LogP contribution in [0.25, 0.3) is 5.82 Å². The molecule has 0 bridgehead atoms. The van der Waals surface area contributed by atoms with Gasteiger partial charge in [-0.25, -0.2) is 4.68 Å². The molecule has 0 aliphatic carbocycles. The monoisotopic (exact) mass is 460 g/mol. The van der Waals surface area contributed by atoms with E-state index in [0.717, 1.165) is 33.9 Å². The summed E-state index contributed by atoms with van der Waals surface area (Å²) in [5, 5.41) is 19.9. The maximum absolute atomic E-state index is 12.3. The number of amides is 1. The van der Waals surface area contributed by atoms with Crippen molar-refractivity contribution < 1.29 is 4.79 Å². The van der Waals surface area contributed by atoms with Crippen LogP contribution in [-0.2, 0) is 11.2 Å². The predicted octanol–water partition coefficient (Wildman–Crippen LogP) is 5.56. The number of rotatable bonds is 7. The fraction of sp³-hybridized carbons (Fsp3) is 0.200. The van der Waals surface area contributed by atoms with Crippen LogP contribution in [0.1, 0.15) is 28.9 Å². The zero-order valence-electron chi connectivity index (χ0n) is 18.8.